The molecule has 1 aromatic carbocycles. The third-order valence-electron chi connectivity index (χ3n) is 3.75. The van der Waals surface area contributed by atoms with E-state index in [1.54, 1.807) is 0 Å². The molecule has 0 bridgehead atoms. The molecule has 2 aromatic heterocycles. The molecule has 5 heteroatoms. The van der Waals surface area contributed by atoms with Gasteiger partial charge in [-0.05, 0) is 31.2 Å². The molecule has 0 radical (unpaired) electrons. The molecule has 0 saturated carbocycles. The Morgan fingerprint density at radius 2 is 2.05 bits per heavy atom. The first-order valence-electron chi connectivity index (χ1n) is 7.07. The van der Waals surface area contributed by atoms with E-state index in [9.17, 15) is 0 Å². The molecule has 0 aliphatic carbocycles. The van der Waals surface area contributed by atoms with Crippen LogP contribution in [0.15, 0.2) is 45.2 Å². The maximum atomic E-state index is 5.88. The molecule has 0 spiro atoms. The fourth-order valence-corrected chi connectivity index (χ4v) is 2.68. The number of aryl methyl sites for hydroxylation is 1. The Kier molecular flexibility index (Phi) is 2.93. The van der Waals surface area contributed by atoms with Gasteiger partial charge < -0.3 is 18.5 Å². The smallest absolute Gasteiger partial charge is 0.299 e. The zero-order valence-corrected chi connectivity index (χ0v) is 11.8. The minimum atomic E-state index is 0.000474. The quantitative estimate of drug-likeness (QED) is 0.722. The number of fused-ring (bicyclic) bond motifs is 1. The van der Waals surface area contributed by atoms with Gasteiger partial charge in [-0.25, -0.2) is 0 Å². The van der Waals surface area contributed by atoms with Gasteiger partial charge in [-0.1, -0.05) is 12.1 Å². The first-order chi connectivity index (χ1) is 10.3. The van der Waals surface area contributed by atoms with Crippen LogP contribution in [0.1, 0.15) is 17.6 Å². The summed E-state index contributed by atoms with van der Waals surface area (Å²) in [6, 6.07) is 12.4. The summed E-state index contributed by atoms with van der Waals surface area (Å²) in [6.07, 6.45) is 0. The van der Waals surface area contributed by atoms with Crippen molar-refractivity contribution < 1.29 is 13.6 Å². The highest BCUT2D eigenvalue weighted by Crippen LogP contribution is 2.32. The lowest BCUT2D eigenvalue weighted by molar-refractivity contribution is 0.0847. The van der Waals surface area contributed by atoms with Gasteiger partial charge in [-0.3, -0.25) is 0 Å². The van der Waals surface area contributed by atoms with Gasteiger partial charge in [0.1, 0.15) is 23.1 Å². The van der Waals surface area contributed by atoms with Gasteiger partial charge >= 0.3 is 0 Å². The second-order valence-electron chi connectivity index (χ2n) is 5.20. The lowest BCUT2D eigenvalue weighted by Crippen LogP contribution is -2.39. The molecular weight excluding hydrogens is 268 g/mol. The standard InChI is InChI=1S/C16H16N2O3/c1-11-6-7-15(20-11)13-10-19-9-8-18(13)16-17-12-4-2-3-5-14(12)21-16/h2-7,13H,8-10H2,1H3. The number of furan rings is 1. The molecular formula is C16H16N2O3. The van der Waals surface area contributed by atoms with E-state index in [0.29, 0.717) is 19.2 Å². The average molecular weight is 284 g/mol. The predicted molar refractivity (Wildman–Crippen MR) is 78.4 cm³/mol. The summed E-state index contributed by atoms with van der Waals surface area (Å²) in [7, 11) is 0. The van der Waals surface area contributed by atoms with Gasteiger partial charge in [0.2, 0.25) is 0 Å². The number of aromatic nitrogens is 1. The number of hydrogen-bond acceptors (Lipinski definition) is 5. The van der Waals surface area contributed by atoms with Crippen molar-refractivity contribution in [3.05, 3.63) is 47.9 Å². The van der Waals surface area contributed by atoms with E-state index in [0.717, 1.165) is 29.2 Å². The molecule has 3 heterocycles. The van der Waals surface area contributed by atoms with Crippen molar-refractivity contribution in [2.75, 3.05) is 24.7 Å². The molecule has 1 atom stereocenters. The largest absolute Gasteiger partial charge is 0.464 e. The molecule has 1 fully saturated rings. The highest BCUT2D eigenvalue weighted by atomic mass is 16.5. The van der Waals surface area contributed by atoms with Crippen LogP contribution in [0.3, 0.4) is 0 Å². The molecule has 1 aliphatic rings. The summed E-state index contributed by atoms with van der Waals surface area (Å²) in [5, 5.41) is 0. The Labute approximate surface area is 122 Å². The lowest BCUT2D eigenvalue weighted by atomic mass is 10.2. The maximum absolute atomic E-state index is 5.88. The van der Waals surface area contributed by atoms with Crippen molar-refractivity contribution in [2.24, 2.45) is 0 Å². The van der Waals surface area contributed by atoms with Crippen molar-refractivity contribution in [2.45, 2.75) is 13.0 Å². The van der Waals surface area contributed by atoms with Crippen molar-refractivity contribution in [1.82, 2.24) is 4.98 Å². The highest BCUT2D eigenvalue weighted by molar-refractivity contribution is 5.74. The number of nitrogens with zero attached hydrogens (tertiary/aromatic N) is 2. The molecule has 108 valence electrons. The number of ether oxygens (including phenoxy) is 1. The van der Waals surface area contributed by atoms with Gasteiger partial charge in [-0.15, -0.1) is 0 Å². The zero-order valence-electron chi connectivity index (χ0n) is 11.8. The van der Waals surface area contributed by atoms with Crippen LogP contribution in [0.5, 0.6) is 0 Å². The van der Waals surface area contributed by atoms with Crippen LogP contribution in [-0.4, -0.2) is 24.7 Å². The van der Waals surface area contributed by atoms with E-state index in [2.05, 4.69) is 9.88 Å². The minimum Gasteiger partial charge on any atom is -0.464 e. The van der Waals surface area contributed by atoms with E-state index in [-0.39, 0.29) is 6.04 Å². The van der Waals surface area contributed by atoms with Gasteiger partial charge in [0.15, 0.2) is 5.58 Å². The normalized spacial score (nSPS) is 19.3. The second kappa shape index (κ2) is 4.93. The predicted octanol–water partition coefficient (Wildman–Crippen LogP) is 3.31. The van der Waals surface area contributed by atoms with E-state index in [1.807, 2.05) is 43.3 Å². The van der Waals surface area contributed by atoms with Crippen LogP contribution in [-0.2, 0) is 4.74 Å². The van der Waals surface area contributed by atoms with E-state index in [4.69, 9.17) is 13.6 Å². The van der Waals surface area contributed by atoms with Crippen LogP contribution in [0.25, 0.3) is 11.1 Å². The monoisotopic (exact) mass is 284 g/mol. The Morgan fingerprint density at radius 3 is 2.86 bits per heavy atom. The fraction of sp³-hybridized carbons (Fsp3) is 0.312. The Bertz CT molecular complexity index is 729. The number of oxazole rings is 1. The Hall–Kier alpha value is -2.27. The van der Waals surface area contributed by atoms with E-state index in [1.165, 1.54) is 0 Å². The SMILES string of the molecule is Cc1ccc(C2COCCN2c2nc3ccccc3o2)o1. The van der Waals surface area contributed by atoms with Gasteiger partial charge in [0.25, 0.3) is 6.01 Å². The van der Waals surface area contributed by atoms with Crippen molar-refractivity contribution in [3.8, 4) is 0 Å². The second-order valence-corrected chi connectivity index (χ2v) is 5.20. The number of anilines is 1. The molecule has 1 unspecified atom stereocenters. The average Bonchev–Trinajstić information content (AvgIpc) is 3.13. The first kappa shape index (κ1) is 12.5. The Morgan fingerprint density at radius 1 is 1.14 bits per heavy atom. The number of hydrogen-bond donors (Lipinski definition) is 0. The van der Waals surface area contributed by atoms with Gasteiger partial charge in [0.05, 0.1) is 13.2 Å². The molecule has 3 aromatic rings. The van der Waals surface area contributed by atoms with Crippen LogP contribution in [0.4, 0.5) is 6.01 Å². The highest BCUT2D eigenvalue weighted by Gasteiger charge is 2.30. The molecule has 0 N–H and O–H groups in total. The minimum absolute atomic E-state index is 0.000474. The zero-order chi connectivity index (χ0) is 14.2. The van der Waals surface area contributed by atoms with Crippen LogP contribution >= 0.6 is 0 Å². The maximum Gasteiger partial charge on any atom is 0.299 e. The lowest BCUT2D eigenvalue weighted by Gasteiger charge is -2.33. The molecule has 1 saturated heterocycles. The molecule has 1 aliphatic heterocycles. The van der Waals surface area contributed by atoms with Crippen LogP contribution < -0.4 is 4.90 Å². The fourth-order valence-electron chi connectivity index (χ4n) is 2.68. The van der Waals surface area contributed by atoms with E-state index >= 15 is 0 Å². The summed E-state index contributed by atoms with van der Waals surface area (Å²) >= 11 is 0. The van der Waals surface area contributed by atoms with Gasteiger partial charge in [0, 0.05) is 6.54 Å². The molecule has 4 rings (SSSR count). The summed E-state index contributed by atoms with van der Waals surface area (Å²) in [5.74, 6) is 1.78. The van der Waals surface area contributed by atoms with Crippen molar-refractivity contribution >= 4 is 17.1 Å². The van der Waals surface area contributed by atoms with Crippen LogP contribution in [0.2, 0.25) is 0 Å². The molecule has 5 nitrogen and oxygen atoms in total. The number of benzene rings is 1. The number of para-hydroxylation sites is 2. The third kappa shape index (κ3) is 2.19. The summed E-state index contributed by atoms with van der Waals surface area (Å²) in [4.78, 5) is 6.69. The number of rotatable bonds is 2. The van der Waals surface area contributed by atoms with Crippen LogP contribution in [0, 0.1) is 6.92 Å². The molecule has 0 amide bonds. The Balaban J connectivity index is 1.73. The molecule has 21 heavy (non-hydrogen) atoms. The summed E-state index contributed by atoms with van der Waals surface area (Å²) in [5.41, 5.74) is 1.67. The van der Waals surface area contributed by atoms with Gasteiger partial charge in [-0.2, -0.15) is 4.98 Å². The topological polar surface area (TPSA) is 51.6 Å². The van der Waals surface area contributed by atoms with E-state index < -0.39 is 0 Å². The van der Waals surface area contributed by atoms with Crippen molar-refractivity contribution in [3.63, 3.8) is 0 Å². The third-order valence-corrected chi connectivity index (χ3v) is 3.75. The first-order valence-corrected chi connectivity index (χ1v) is 7.07. The summed E-state index contributed by atoms with van der Waals surface area (Å²) in [6.45, 7) is 3.91. The van der Waals surface area contributed by atoms with Crippen molar-refractivity contribution in [1.29, 1.82) is 0 Å². The number of morpholine rings is 1. The summed E-state index contributed by atoms with van der Waals surface area (Å²) < 4.78 is 17.2.